The molecule has 0 amide bonds. The highest BCUT2D eigenvalue weighted by molar-refractivity contribution is 14.1. The number of morpholine rings is 1. The van der Waals surface area contributed by atoms with Crippen LogP contribution >= 0.6 is 22.6 Å². The van der Waals surface area contributed by atoms with Crippen LogP contribution in [0.25, 0.3) is 0 Å². The van der Waals surface area contributed by atoms with E-state index in [9.17, 15) is 0 Å². The summed E-state index contributed by atoms with van der Waals surface area (Å²) in [5.41, 5.74) is 7.78. The van der Waals surface area contributed by atoms with Crippen LogP contribution in [0.3, 0.4) is 0 Å². The molecule has 0 radical (unpaired) electrons. The number of nitrogens with one attached hydrogen (secondary N) is 1. The molecule has 1 aliphatic heterocycles. The topological polar surface area (TPSA) is 50.5 Å². The summed E-state index contributed by atoms with van der Waals surface area (Å²) in [6, 6.07) is 6.09. The number of anilines is 2. The smallest absolute Gasteiger partial charge is 0.0594 e. The number of benzene rings is 1. The Bertz CT molecular complexity index is 367. The predicted octanol–water partition coefficient (Wildman–Crippen LogP) is 1.62. The van der Waals surface area contributed by atoms with E-state index in [0.717, 1.165) is 50.8 Å². The molecular formula is C12H18IN3O. The predicted molar refractivity (Wildman–Crippen MR) is 79.3 cm³/mol. The van der Waals surface area contributed by atoms with Crippen molar-refractivity contribution in [3.63, 3.8) is 0 Å². The first-order chi connectivity index (χ1) is 8.25. The van der Waals surface area contributed by atoms with Crippen LogP contribution in [0.1, 0.15) is 0 Å². The molecule has 0 spiro atoms. The first-order valence-corrected chi connectivity index (χ1v) is 6.92. The maximum absolute atomic E-state index is 5.94. The van der Waals surface area contributed by atoms with Gasteiger partial charge in [0.25, 0.3) is 0 Å². The number of nitrogens with zero attached hydrogens (tertiary/aromatic N) is 1. The molecule has 0 bridgehead atoms. The maximum atomic E-state index is 5.94. The Morgan fingerprint density at radius 2 is 2.12 bits per heavy atom. The van der Waals surface area contributed by atoms with E-state index in [1.165, 1.54) is 3.57 Å². The molecule has 2 rings (SSSR count). The number of nitrogen functional groups attached to an aromatic ring is 1. The number of ether oxygens (including phenoxy) is 1. The van der Waals surface area contributed by atoms with Gasteiger partial charge in [0, 0.05) is 29.7 Å². The van der Waals surface area contributed by atoms with Gasteiger partial charge >= 0.3 is 0 Å². The van der Waals surface area contributed by atoms with Gasteiger partial charge in [0.15, 0.2) is 0 Å². The number of halogens is 1. The van der Waals surface area contributed by atoms with E-state index in [4.69, 9.17) is 10.5 Å². The molecule has 17 heavy (non-hydrogen) atoms. The zero-order valence-corrected chi connectivity index (χ0v) is 11.9. The van der Waals surface area contributed by atoms with Crippen molar-refractivity contribution in [2.45, 2.75) is 0 Å². The second-order valence-corrected chi connectivity index (χ2v) is 5.36. The van der Waals surface area contributed by atoms with Gasteiger partial charge in [-0.2, -0.15) is 0 Å². The summed E-state index contributed by atoms with van der Waals surface area (Å²) in [6.07, 6.45) is 0. The molecule has 0 aromatic heterocycles. The van der Waals surface area contributed by atoms with Crippen molar-refractivity contribution in [2.24, 2.45) is 0 Å². The lowest BCUT2D eigenvalue weighted by Crippen LogP contribution is -2.39. The average Bonchev–Trinajstić information content (AvgIpc) is 2.33. The zero-order chi connectivity index (χ0) is 12.1. The summed E-state index contributed by atoms with van der Waals surface area (Å²) in [6.45, 7) is 5.73. The van der Waals surface area contributed by atoms with E-state index < -0.39 is 0 Å². The minimum Gasteiger partial charge on any atom is -0.397 e. The molecule has 1 fully saturated rings. The van der Waals surface area contributed by atoms with E-state index >= 15 is 0 Å². The Kier molecular flexibility index (Phi) is 4.87. The molecule has 1 aliphatic rings. The van der Waals surface area contributed by atoms with Crippen molar-refractivity contribution in [3.8, 4) is 0 Å². The van der Waals surface area contributed by atoms with Gasteiger partial charge in [-0.3, -0.25) is 4.90 Å². The lowest BCUT2D eigenvalue weighted by molar-refractivity contribution is 0.0398. The summed E-state index contributed by atoms with van der Waals surface area (Å²) in [4.78, 5) is 2.40. The third kappa shape index (κ3) is 4.01. The summed E-state index contributed by atoms with van der Waals surface area (Å²) < 4.78 is 6.48. The van der Waals surface area contributed by atoms with Crippen molar-refractivity contribution >= 4 is 34.0 Å². The molecule has 1 aromatic rings. The summed E-state index contributed by atoms with van der Waals surface area (Å²) in [7, 11) is 0. The van der Waals surface area contributed by atoms with Crippen LogP contribution in [-0.2, 0) is 4.74 Å². The van der Waals surface area contributed by atoms with Gasteiger partial charge in [-0.25, -0.2) is 0 Å². The molecule has 0 saturated carbocycles. The lowest BCUT2D eigenvalue weighted by Gasteiger charge is -2.26. The molecule has 1 saturated heterocycles. The fourth-order valence-electron chi connectivity index (χ4n) is 1.87. The SMILES string of the molecule is Nc1cc(I)ccc1NCCN1CCOCC1. The van der Waals surface area contributed by atoms with Crippen molar-refractivity contribution in [3.05, 3.63) is 21.8 Å². The molecule has 94 valence electrons. The molecule has 0 aliphatic carbocycles. The molecule has 5 heteroatoms. The molecule has 0 unspecified atom stereocenters. The summed E-state index contributed by atoms with van der Waals surface area (Å²) >= 11 is 2.27. The first-order valence-electron chi connectivity index (χ1n) is 5.85. The maximum Gasteiger partial charge on any atom is 0.0594 e. The van der Waals surface area contributed by atoms with Gasteiger partial charge in [-0.1, -0.05) is 0 Å². The highest BCUT2D eigenvalue weighted by Crippen LogP contribution is 2.20. The molecule has 1 heterocycles. The average molecular weight is 347 g/mol. The van der Waals surface area contributed by atoms with Gasteiger partial charge in [0.1, 0.15) is 0 Å². The van der Waals surface area contributed by atoms with Crippen LogP contribution in [0.15, 0.2) is 18.2 Å². The van der Waals surface area contributed by atoms with Gasteiger partial charge < -0.3 is 15.8 Å². The van der Waals surface area contributed by atoms with E-state index in [1.54, 1.807) is 0 Å². The van der Waals surface area contributed by atoms with Crippen LogP contribution in [0, 0.1) is 3.57 Å². The number of hydrogen-bond acceptors (Lipinski definition) is 4. The van der Waals surface area contributed by atoms with Gasteiger partial charge in [-0.15, -0.1) is 0 Å². The molecular weight excluding hydrogens is 329 g/mol. The van der Waals surface area contributed by atoms with E-state index in [2.05, 4.69) is 38.9 Å². The molecule has 1 aromatic carbocycles. The molecule has 0 atom stereocenters. The number of rotatable bonds is 4. The largest absolute Gasteiger partial charge is 0.397 e. The van der Waals surface area contributed by atoms with Crippen LogP contribution in [-0.4, -0.2) is 44.3 Å². The molecule has 4 nitrogen and oxygen atoms in total. The van der Waals surface area contributed by atoms with Crippen molar-refractivity contribution in [2.75, 3.05) is 50.4 Å². The summed E-state index contributed by atoms with van der Waals surface area (Å²) in [5.74, 6) is 0. The fraction of sp³-hybridized carbons (Fsp3) is 0.500. The highest BCUT2D eigenvalue weighted by Gasteiger charge is 2.09. The van der Waals surface area contributed by atoms with E-state index in [0.29, 0.717) is 0 Å². The zero-order valence-electron chi connectivity index (χ0n) is 9.79. The highest BCUT2D eigenvalue weighted by atomic mass is 127. The minimum atomic E-state index is 0.818. The van der Waals surface area contributed by atoms with Crippen LogP contribution in [0.2, 0.25) is 0 Å². The van der Waals surface area contributed by atoms with E-state index in [1.807, 2.05) is 12.1 Å². The fourth-order valence-corrected chi connectivity index (χ4v) is 2.38. The van der Waals surface area contributed by atoms with Gasteiger partial charge in [0.2, 0.25) is 0 Å². The minimum absolute atomic E-state index is 0.818. The standard InChI is InChI=1S/C12H18IN3O/c13-10-1-2-12(11(14)9-10)15-3-4-16-5-7-17-8-6-16/h1-2,9,15H,3-8,14H2. The van der Waals surface area contributed by atoms with Crippen molar-refractivity contribution in [1.29, 1.82) is 0 Å². The Morgan fingerprint density at radius 3 is 2.82 bits per heavy atom. The number of nitrogens with two attached hydrogens (primary N) is 1. The Balaban J connectivity index is 1.77. The van der Waals surface area contributed by atoms with Crippen molar-refractivity contribution < 1.29 is 4.74 Å². The second-order valence-electron chi connectivity index (χ2n) is 4.11. The quantitative estimate of drug-likeness (QED) is 0.642. The number of hydrogen-bond donors (Lipinski definition) is 2. The first kappa shape index (κ1) is 12.9. The monoisotopic (exact) mass is 347 g/mol. The Labute approximate surface area is 116 Å². The third-order valence-corrected chi connectivity index (χ3v) is 3.53. The Morgan fingerprint density at radius 1 is 1.35 bits per heavy atom. The second kappa shape index (κ2) is 6.42. The summed E-state index contributed by atoms with van der Waals surface area (Å²) in [5, 5.41) is 3.38. The van der Waals surface area contributed by atoms with Crippen LogP contribution in [0.5, 0.6) is 0 Å². The van der Waals surface area contributed by atoms with Gasteiger partial charge in [-0.05, 0) is 40.8 Å². The normalized spacial score (nSPS) is 17.0. The molecule has 3 N–H and O–H groups in total. The van der Waals surface area contributed by atoms with Crippen molar-refractivity contribution in [1.82, 2.24) is 4.90 Å². The van der Waals surface area contributed by atoms with Crippen LogP contribution in [0.4, 0.5) is 11.4 Å². The third-order valence-electron chi connectivity index (χ3n) is 2.86. The lowest BCUT2D eigenvalue weighted by atomic mass is 10.2. The Hall–Kier alpha value is -0.530. The van der Waals surface area contributed by atoms with E-state index in [-0.39, 0.29) is 0 Å². The van der Waals surface area contributed by atoms with Gasteiger partial charge in [0.05, 0.1) is 24.6 Å². The van der Waals surface area contributed by atoms with Crippen LogP contribution < -0.4 is 11.1 Å².